The molecule has 2 N–H and O–H groups in total. The van der Waals surface area contributed by atoms with Crippen LogP contribution in [0.5, 0.6) is 0 Å². The lowest BCUT2D eigenvalue weighted by Crippen LogP contribution is -2.37. The fraction of sp³-hybridized carbons (Fsp3) is 1.00. The van der Waals surface area contributed by atoms with Gasteiger partial charge in [-0.15, -0.1) is 0 Å². The third-order valence-corrected chi connectivity index (χ3v) is 2.54. The van der Waals surface area contributed by atoms with Crippen LogP contribution in [0.4, 0.5) is 0 Å². The summed E-state index contributed by atoms with van der Waals surface area (Å²) in [7, 11) is 2.19. The topological polar surface area (TPSA) is 29.3 Å². The van der Waals surface area contributed by atoms with Gasteiger partial charge in [0.05, 0.1) is 0 Å². The lowest BCUT2D eigenvalue weighted by Gasteiger charge is -2.30. The Hall–Kier alpha value is -0.0800. The lowest BCUT2D eigenvalue weighted by atomic mass is 9.93. The fourth-order valence-corrected chi connectivity index (χ4v) is 1.83. The molecule has 0 spiro atoms. The molecule has 0 bridgehead atoms. The van der Waals surface area contributed by atoms with E-state index in [1.165, 1.54) is 0 Å². The van der Waals surface area contributed by atoms with Crippen LogP contribution in [0.2, 0.25) is 0 Å². The van der Waals surface area contributed by atoms with Crippen LogP contribution in [0, 0.1) is 17.3 Å². The van der Waals surface area contributed by atoms with Crippen molar-refractivity contribution in [1.82, 2.24) is 4.90 Å². The molecule has 0 amide bonds. The van der Waals surface area contributed by atoms with E-state index in [-0.39, 0.29) is 0 Å². The molecule has 0 fully saturated rings. The summed E-state index contributed by atoms with van der Waals surface area (Å²) in [6, 6.07) is 0. The average molecular weight is 200 g/mol. The smallest absolute Gasteiger partial charge is 0.00271 e. The molecule has 0 heterocycles. The van der Waals surface area contributed by atoms with Crippen molar-refractivity contribution in [1.29, 1.82) is 0 Å². The maximum atomic E-state index is 5.76. The van der Waals surface area contributed by atoms with Crippen LogP contribution in [0.1, 0.15) is 34.6 Å². The molecule has 0 aliphatic heterocycles. The first-order valence-electron chi connectivity index (χ1n) is 5.65. The summed E-state index contributed by atoms with van der Waals surface area (Å²) in [5.41, 5.74) is 6.14. The molecular weight excluding hydrogens is 172 g/mol. The van der Waals surface area contributed by atoms with Gasteiger partial charge in [0.1, 0.15) is 0 Å². The van der Waals surface area contributed by atoms with Gasteiger partial charge in [-0.3, -0.25) is 0 Å². The molecule has 1 unspecified atom stereocenters. The second-order valence-corrected chi connectivity index (χ2v) is 6.00. The van der Waals surface area contributed by atoms with E-state index in [9.17, 15) is 0 Å². The molecule has 2 heteroatoms. The van der Waals surface area contributed by atoms with Crippen molar-refractivity contribution in [2.24, 2.45) is 23.0 Å². The maximum absolute atomic E-state index is 5.76. The van der Waals surface area contributed by atoms with Crippen molar-refractivity contribution >= 4 is 0 Å². The molecule has 0 rings (SSSR count). The summed E-state index contributed by atoms with van der Waals surface area (Å²) in [4.78, 5) is 2.40. The third-order valence-electron chi connectivity index (χ3n) is 2.54. The van der Waals surface area contributed by atoms with Gasteiger partial charge in [-0.25, -0.2) is 0 Å². The second kappa shape index (κ2) is 5.72. The van der Waals surface area contributed by atoms with Gasteiger partial charge in [0.2, 0.25) is 0 Å². The van der Waals surface area contributed by atoms with Crippen molar-refractivity contribution in [3.05, 3.63) is 0 Å². The summed E-state index contributed by atoms with van der Waals surface area (Å²) in [6.07, 6.45) is 0. The molecule has 0 aromatic heterocycles. The summed E-state index contributed by atoms with van der Waals surface area (Å²) in [6.45, 7) is 14.4. The van der Waals surface area contributed by atoms with E-state index >= 15 is 0 Å². The summed E-state index contributed by atoms with van der Waals surface area (Å²) in [5.74, 6) is 1.31. The van der Waals surface area contributed by atoms with Crippen molar-refractivity contribution in [3.63, 3.8) is 0 Å². The minimum absolute atomic E-state index is 0.380. The highest BCUT2D eigenvalue weighted by atomic mass is 15.1. The Kier molecular flexibility index (Phi) is 5.68. The third kappa shape index (κ3) is 6.39. The van der Waals surface area contributed by atoms with E-state index < -0.39 is 0 Å². The zero-order valence-electron chi connectivity index (χ0n) is 10.8. The molecule has 14 heavy (non-hydrogen) atoms. The van der Waals surface area contributed by atoms with Gasteiger partial charge in [-0.1, -0.05) is 34.6 Å². The maximum Gasteiger partial charge on any atom is 0.00271 e. The Morgan fingerprint density at radius 1 is 1.21 bits per heavy atom. The van der Waals surface area contributed by atoms with Crippen LogP contribution in [-0.2, 0) is 0 Å². The Morgan fingerprint density at radius 2 is 1.71 bits per heavy atom. The predicted molar refractivity (Wildman–Crippen MR) is 64.3 cm³/mol. The Balaban J connectivity index is 3.97. The number of hydrogen-bond donors (Lipinski definition) is 1. The summed E-state index contributed by atoms with van der Waals surface area (Å²) in [5, 5.41) is 0. The summed E-state index contributed by atoms with van der Waals surface area (Å²) >= 11 is 0. The van der Waals surface area contributed by atoms with Crippen LogP contribution in [0.3, 0.4) is 0 Å². The standard InChI is InChI=1S/C12H28N2/c1-10(2)11(7-13)8-14(6)9-12(3,4)5/h10-11H,7-9,13H2,1-6H3. The first-order chi connectivity index (χ1) is 6.26. The Labute approximate surface area is 89.9 Å². The van der Waals surface area contributed by atoms with Gasteiger partial charge in [-0.2, -0.15) is 0 Å². The van der Waals surface area contributed by atoms with Gasteiger partial charge < -0.3 is 10.6 Å². The van der Waals surface area contributed by atoms with Crippen molar-refractivity contribution in [3.8, 4) is 0 Å². The van der Waals surface area contributed by atoms with Crippen LogP contribution in [0.15, 0.2) is 0 Å². The molecule has 0 radical (unpaired) electrons. The largest absolute Gasteiger partial charge is 0.330 e. The van der Waals surface area contributed by atoms with Crippen LogP contribution < -0.4 is 5.73 Å². The van der Waals surface area contributed by atoms with Crippen molar-refractivity contribution < 1.29 is 0 Å². The monoisotopic (exact) mass is 200 g/mol. The lowest BCUT2D eigenvalue weighted by molar-refractivity contribution is 0.182. The van der Waals surface area contributed by atoms with Gasteiger partial charge in [0.15, 0.2) is 0 Å². The molecular formula is C12H28N2. The zero-order valence-corrected chi connectivity index (χ0v) is 10.8. The van der Waals surface area contributed by atoms with E-state index in [1.807, 2.05) is 0 Å². The quantitative estimate of drug-likeness (QED) is 0.737. The van der Waals surface area contributed by atoms with Gasteiger partial charge >= 0.3 is 0 Å². The predicted octanol–water partition coefficient (Wildman–Crippen LogP) is 2.20. The fourth-order valence-electron chi connectivity index (χ4n) is 1.83. The van der Waals surface area contributed by atoms with Crippen LogP contribution >= 0.6 is 0 Å². The Morgan fingerprint density at radius 3 is 2.00 bits per heavy atom. The van der Waals surface area contributed by atoms with Crippen LogP contribution in [-0.4, -0.2) is 31.6 Å². The van der Waals surface area contributed by atoms with Gasteiger partial charge in [0, 0.05) is 13.1 Å². The minimum Gasteiger partial charge on any atom is -0.330 e. The molecule has 0 saturated carbocycles. The number of rotatable bonds is 5. The van der Waals surface area contributed by atoms with Crippen LogP contribution in [0.25, 0.3) is 0 Å². The highest BCUT2D eigenvalue weighted by molar-refractivity contribution is 4.72. The molecule has 2 nitrogen and oxygen atoms in total. The average Bonchev–Trinajstić information content (AvgIpc) is 1.96. The summed E-state index contributed by atoms with van der Waals surface area (Å²) < 4.78 is 0. The first-order valence-corrected chi connectivity index (χ1v) is 5.65. The second-order valence-electron chi connectivity index (χ2n) is 6.00. The zero-order chi connectivity index (χ0) is 11.4. The van der Waals surface area contributed by atoms with Crippen molar-refractivity contribution in [2.45, 2.75) is 34.6 Å². The number of nitrogens with two attached hydrogens (primary N) is 1. The van der Waals surface area contributed by atoms with Crippen molar-refractivity contribution in [2.75, 3.05) is 26.7 Å². The molecule has 0 aromatic carbocycles. The van der Waals surface area contributed by atoms with Gasteiger partial charge in [0.25, 0.3) is 0 Å². The van der Waals surface area contributed by atoms with Gasteiger partial charge in [-0.05, 0) is 30.8 Å². The Bertz CT molecular complexity index is 147. The highest BCUT2D eigenvalue weighted by Crippen LogP contribution is 2.17. The molecule has 0 aliphatic rings. The molecule has 86 valence electrons. The van der Waals surface area contributed by atoms with E-state index in [4.69, 9.17) is 5.73 Å². The number of hydrogen-bond acceptors (Lipinski definition) is 2. The van der Waals surface area contributed by atoms with E-state index in [1.54, 1.807) is 0 Å². The molecule has 0 saturated heterocycles. The molecule has 1 atom stereocenters. The number of nitrogens with zero attached hydrogens (tertiary/aromatic N) is 1. The normalized spacial score (nSPS) is 15.2. The highest BCUT2D eigenvalue weighted by Gasteiger charge is 2.18. The SMILES string of the molecule is CC(C)C(CN)CN(C)CC(C)(C)C. The van der Waals surface area contributed by atoms with E-state index in [2.05, 4.69) is 46.6 Å². The molecule has 0 aliphatic carbocycles. The molecule has 0 aromatic rings. The minimum atomic E-state index is 0.380. The first kappa shape index (κ1) is 13.9. The van der Waals surface area contributed by atoms with E-state index in [0.717, 1.165) is 19.6 Å². The van der Waals surface area contributed by atoms with E-state index in [0.29, 0.717) is 17.3 Å².